The molecule has 28 heavy (non-hydrogen) atoms. The standard InChI is InChI=1S/C20H24N4O3S/c1-4-7-21-15-8-12(5-6-16(15)25)24-19(22-23-20(24)28)14-9-13(11(2)3)17(26)10-18(14)27/h5-6,8-11,21,25-27H,4,7H2,1-3H3,(H,23,28). The number of phenols is 3. The van der Waals surface area contributed by atoms with Crippen LogP contribution in [0.15, 0.2) is 30.3 Å². The first-order chi connectivity index (χ1) is 13.3. The lowest BCUT2D eigenvalue weighted by atomic mass is 9.98. The van der Waals surface area contributed by atoms with E-state index in [4.69, 9.17) is 12.2 Å². The summed E-state index contributed by atoms with van der Waals surface area (Å²) in [7, 11) is 0. The van der Waals surface area contributed by atoms with Crippen LogP contribution in [0.1, 0.15) is 38.7 Å². The third kappa shape index (κ3) is 3.68. The molecule has 3 rings (SSSR count). The number of rotatable bonds is 6. The van der Waals surface area contributed by atoms with Gasteiger partial charge < -0.3 is 20.6 Å². The summed E-state index contributed by atoms with van der Waals surface area (Å²) in [5.74, 6) is 0.556. The fourth-order valence-electron chi connectivity index (χ4n) is 3.02. The largest absolute Gasteiger partial charge is 0.508 e. The third-order valence-corrected chi connectivity index (χ3v) is 4.76. The Hall–Kier alpha value is -3.00. The van der Waals surface area contributed by atoms with Crippen LogP contribution in [0.4, 0.5) is 5.69 Å². The number of hydrogen-bond donors (Lipinski definition) is 5. The molecule has 0 atom stereocenters. The first-order valence-corrected chi connectivity index (χ1v) is 9.55. The molecule has 1 heterocycles. The van der Waals surface area contributed by atoms with Gasteiger partial charge in [-0.2, -0.15) is 5.10 Å². The minimum Gasteiger partial charge on any atom is -0.508 e. The molecule has 7 nitrogen and oxygen atoms in total. The van der Waals surface area contributed by atoms with E-state index in [1.165, 1.54) is 6.07 Å². The van der Waals surface area contributed by atoms with Crippen LogP contribution in [0.25, 0.3) is 17.1 Å². The maximum absolute atomic E-state index is 10.4. The maximum atomic E-state index is 10.4. The fraction of sp³-hybridized carbons (Fsp3) is 0.300. The van der Waals surface area contributed by atoms with E-state index in [-0.39, 0.29) is 23.2 Å². The summed E-state index contributed by atoms with van der Waals surface area (Å²) in [4.78, 5) is 0. The van der Waals surface area contributed by atoms with Gasteiger partial charge in [0, 0.05) is 12.6 Å². The van der Waals surface area contributed by atoms with Gasteiger partial charge in [0.2, 0.25) is 0 Å². The van der Waals surface area contributed by atoms with E-state index < -0.39 is 0 Å². The lowest BCUT2D eigenvalue weighted by molar-refractivity contribution is 0.444. The summed E-state index contributed by atoms with van der Waals surface area (Å²) in [6.45, 7) is 6.67. The van der Waals surface area contributed by atoms with Gasteiger partial charge in [-0.05, 0) is 54.4 Å². The number of phenolic OH excluding ortho intramolecular Hbond substituents is 3. The number of hydrogen-bond acceptors (Lipinski definition) is 6. The van der Waals surface area contributed by atoms with Crippen LogP contribution in [0.3, 0.4) is 0 Å². The number of aromatic amines is 1. The number of nitrogens with one attached hydrogen (secondary N) is 2. The van der Waals surface area contributed by atoms with Crippen molar-refractivity contribution in [2.45, 2.75) is 33.1 Å². The van der Waals surface area contributed by atoms with Gasteiger partial charge in [-0.1, -0.05) is 20.8 Å². The zero-order chi connectivity index (χ0) is 20.4. The summed E-state index contributed by atoms with van der Waals surface area (Å²) >= 11 is 5.40. The third-order valence-electron chi connectivity index (χ3n) is 4.48. The zero-order valence-electron chi connectivity index (χ0n) is 16.0. The quantitative estimate of drug-likeness (QED) is 0.304. The van der Waals surface area contributed by atoms with Crippen molar-refractivity contribution < 1.29 is 15.3 Å². The second-order valence-corrected chi connectivity index (χ2v) is 7.29. The van der Waals surface area contributed by atoms with Crippen LogP contribution < -0.4 is 5.32 Å². The van der Waals surface area contributed by atoms with E-state index in [1.807, 2.05) is 20.8 Å². The Morgan fingerprint density at radius 2 is 1.86 bits per heavy atom. The van der Waals surface area contributed by atoms with Crippen LogP contribution in [0.2, 0.25) is 0 Å². The van der Waals surface area contributed by atoms with Crippen LogP contribution in [-0.4, -0.2) is 36.6 Å². The minimum atomic E-state index is -0.0970. The lowest BCUT2D eigenvalue weighted by Gasteiger charge is -2.14. The average molecular weight is 401 g/mol. The van der Waals surface area contributed by atoms with Crippen molar-refractivity contribution >= 4 is 17.9 Å². The number of aromatic nitrogens is 3. The van der Waals surface area contributed by atoms with Crippen LogP contribution in [-0.2, 0) is 0 Å². The summed E-state index contributed by atoms with van der Waals surface area (Å²) in [5, 5.41) is 40.9. The van der Waals surface area contributed by atoms with E-state index in [9.17, 15) is 15.3 Å². The number of anilines is 1. The second-order valence-electron chi connectivity index (χ2n) is 6.90. The van der Waals surface area contributed by atoms with Gasteiger partial charge in [-0.3, -0.25) is 9.67 Å². The highest BCUT2D eigenvalue weighted by Gasteiger charge is 2.19. The molecule has 0 spiro atoms. The molecule has 2 aromatic carbocycles. The topological polar surface area (TPSA) is 106 Å². The van der Waals surface area contributed by atoms with Crippen molar-refractivity contribution in [1.29, 1.82) is 0 Å². The monoisotopic (exact) mass is 400 g/mol. The van der Waals surface area contributed by atoms with E-state index in [0.717, 1.165) is 13.0 Å². The number of H-pyrrole nitrogens is 1. The van der Waals surface area contributed by atoms with Gasteiger partial charge in [0.25, 0.3) is 0 Å². The highest BCUT2D eigenvalue weighted by atomic mass is 32.1. The molecule has 0 saturated carbocycles. The fourth-order valence-corrected chi connectivity index (χ4v) is 3.25. The number of aromatic hydroxyl groups is 3. The van der Waals surface area contributed by atoms with Gasteiger partial charge in [0.05, 0.1) is 16.9 Å². The molecule has 148 valence electrons. The molecule has 0 radical (unpaired) electrons. The molecule has 0 aliphatic carbocycles. The Kier molecular flexibility index (Phi) is 5.60. The van der Waals surface area contributed by atoms with Gasteiger partial charge in [0.1, 0.15) is 17.2 Å². The average Bonchev–Trinajstić information content (AvgIpc) is 3.02. The van der Waals surface area contributed by atoms with E-state index in [1.54, 1.807) is 28.8 Å². The molecule has 0 saturated heterocycles. The molecule has 0 bridgehead atoms. The predicted octanol–water partition coefficient (Wildman–Crippen LogP) is 4.66. The van der Waals surface area contributed by atoms with Crippen LogP contribution in [0, 0.1) is 4.77 Å². The van der Waals surface area contributed by atoms with Gasteiger partial charge in [-0.25, -0.2) is 0 Å². The highest BCUT2D eigenvalue weighted by molar-refractivity contribution is 7.71. The van der Waals surface area contributed by atoms with Crippen LogP contribution in [0.5, 0.6) is 17.2 Å². The van der Waals surface area contributed by atoms with Crippen molar-refractivity contribution in [3.8, 4) is 34.3 Å². The van der Waals surface area contributed by atoms with Crippen molar-refractivity contribution in [3.63, 3.8) is 0 Å². The summed E-state index contributed by atoms with van der Waals surface area (Å²) in [6.07, 6.45) is 0.916. The molecule has 0 aliphatic rings. The highest BCUT2D eigenvalue weighted by Crippen LogP contribution is 2.38. The molecule has 0 unspecified atom stereocenters. The lowest BCUT2D eigenvalue weighted by Crippen LogP contribution is -2.03. The normalized spacial score (nSPS) is 11.1. The molecule has 8 heteroatoms. The molecule has 5 N–H and O–H groups in total. The molecular weight excluding hydrogens is 376 g/mol. The predicted molar refractivity (Wildman–Crippen MR) is 112 cm³/mol. The molecule has 0 fully saturated rings. The molecule has 3 aromatic rings. The SMILES string of the molecule is CCCNc1cc(-n2c(-c3cc(C(C)C)c(O)cc3O)n[nH]c2=S)ccc1O. The maximum Gasteiger partial charge on any atom is 0.200 e. The van der Waals surface area contributed by atoms with E-state index in [2.05, 4.69) is 15.5 Å². The minimum absolute atomic E-state index is 0.0348. The summed E-state index contributed by atoms with van der Waals surface area (Å²) < 4.78 is 2.03. The van der Waals surface area contributed by atoms with Crippen molar-refractivity contribution in [2.75, 3.05) is 11.9 Å². The Bertz CT molecular complexity index is 1060. The van der Waals surface area contributed by atoms with E-state index >= 15 is 0 Å². The van der Waals surface area contributed by atoms with Gasteiger partial charge in [0.15, 0.2) is 10.6 Å². The first-order valence-electron chi connectivity index (χ1n) is 9.14. The molecule has 0 amide bonds. The van der Waals surface area contributed by atoms with Gasteiger partial charge >= 0.3 is 0 Å². The Morgan fingerprint density at radius 3 is 2.54 bits per heavy atom. The first kappa shape index (κ1) is 19.8. The second kappa shape index (κ2) is 7.93. The molecule has 0 aliphatic heterocycles. The van der Waals surface area contributed by atoms with Crippen LogP contribution >= 0.6 is 12.2 Å². The van der Waals surface area contributed by atoms with Gasteiger partial charge in [-0.15, -0.1) is 0 Å². The number of benzene rings is 2. The zero-order valence-corrected chi connectivity index (χ0v) is 16.8. The Morgan fingerprint density at radius 1 is 1.11 bits per heavy atom. The summed E-state index contributed by atoms with van der Waals surface area (Å²) in [5.41, 5.74) is 2.42. The van der Waals surface area contributed by atoms with Crippen molar-refractivity contribution in [2.24, 2.45) is 0 Å². The van der Waals surface area contributed by atoms with Crippen molar-refractivity contribution in [3.05, 3.63) is 40.7 Å². The Labute approximate surface area is 168 Å². The Balaban J connectivity index is 2.17. The molecular formula is C20H24N4O3S. The molecule has 1 aromatic heterocycles. The van der Waals surface area contributed by atoms with Crippen molar-refractivity contribution in [1.82, 2.24) is 14.8 Å². The number of nitrogens with zero attached hydrogens (tertiary/aromatic N) is 2. The smallest absolute Gasteiger partial charge is 0.200 e. The van der Waals surface area contributed by atoms with E-state index in [0.29, 0.717) is 33.1 Å². The summed E-state index contributed by atoms with van der Waals surface area (Å²) in [6, 6.07) is 8.12.